The largest absolute Gasteiger partial charge is 0.494 e. The van der Waals surface area contributed by atoms with Crippen LogP contribution in [0.5, 0.6) is 0 Å². The molecule has 0 saturated carbocycles. The third-order valence-electron chi connectivity index (χ3n) is 3.56. The van der Waals surface area contributed by atoms with E-state index < -0.39 is 22.9 Å². The van der Waals surface area contributed by atoms with E-state index in [0.717, 1.165) is 16.7 Å². The van der Waals surface area contributed by atoms with E-state index in [9.17, 15) is 18.8 Å². The molecule has 1 N–H and O–H groups in total. The van der Waals surface area contributed by atoms with Gasteiger partial charge in [0.05, 0.1) is 4.91 Å². The fraction of sp³-hybridized carbons (Fsp3) is 0.235. The number of thioether (sulfide) groups is 1. The molecule has 3 amide bonds. The molecule has 2 aliphatic rings. The van der Waals surface area contributed by atoms with E-state index in [1.165, 1.54) is 30.5 Å². The summed E-state index contributed by atoms with van der Waals surface area (Å²) >= 11 is 0.735. The van der Waals surface area contributed by atoms with Crippen LogP contribution in [-0.2, 0) is 19.1 Å². The van der Waals surface area contributed by atoms with Gasteiger partial charge in [-0.15, -0.1) is 0 Å². The summed E-state index contributed by atoms with van der Waals surface area (Å²) in [6.07, 6.45) is 2.56. The Kier molecular flexibility index (Phi) is 5.57. The maximum absolute atomic E-state index is 13.7. The predicted molar refractivity (Wildman–Crippen MR) is 92.1 cm³/mol. The van der Waals surface area contributed by atoms with E-state index in [-0.39, 0.29) is 35.9 Å². The van der Waals surface area contributed by atoms with E-state index in [4.69, 9.17) is 9.47 Å². The van der Waals surface area contributed by atoms with Gasteiger partial charge in [0.25, 0.3) is 17.1 Å². The van der Waals surface area contributed by atoms with Crippen molar-refractivity contribution >= 4 is 34.9 Å². The molecule has 2 aliphatic heterocycles. The summed E-state index contributed by atoms with van der Waals surface area (Å²) in [7, 11) is 0. The SMILES string of the molecule is O=C(NCCN1C(=O)SC(=Cc2ccccc2F)C1=O)C1=COCCO1. The molecule has 9 heteroatoms. The van der Waals surface area contributed by atoms with Crippen molar-refractivity contribution in [2.45, 2.75) is 0 Å². The summed E-state index contributed by atoms with van der Waals surface area (Å²) in [5.41, 5.74) is 0.229. The molecule has 1 fully saturated rings. The molecule has 0 aliphatic carbocycles. The molecule has 0 spiro atoms. The van der Waals surface area contributed by atoms with Gasteiger partial charge in [0, 0.05) is 18.7 Å². The Labute approximate surface area is 152 Å². The number of nitrogens with zero attached hydrogens (tertiary/aromatic N) is 1. The third-order valence-corrected chi connectivity index (χ3v) is 4.47. The van der Waals surface area contributed by atoms with Crippen molar-refractivity contribution in [1.29, 1.82) is 0 Å². The average molecular weight is 378 g/mol. The number of benzene rings is 1. The molecule has 0 atom stereocenters. The highest BCUT2D eigenvalue weighted by Gasteiger charge is 2.34. The highest BCUT2D eigenvalue weighted by Crippen LogP contribution is 2.32. The molecule has 0 radical (unpaired) electrons. The van der Waals surface area contributed by atoms with Gasteiger partial charge < -0.3 is 14.8 Å². The van der Waals surface area contributed by atoms with Gasteiger partial charge in [-0.3, -0.25) is 19.3 Å². The van der Waals surface area contributed by atoms with Crippen LogP contribution in [0.25, 0.3) is 6.08 Å². The Morgan fingerprint density at radius 1 is 1.31 bits per heavy atom. The number of halogens is 1. The molecule has 1 saturated heterocycles. The van der Waals surface area contributed by atoms with Crippen molar-refractivity contribution in [1.82, 2.24) is 10.2 Å². The molecule has 7 nitrogen and oxygen atoms in total. The van der Waals surface area contributed by atoms with Crippen LogP contribution < -0.4 is 5.32 Å². The van der Waals surface area contributed by atoms with Crippen LogP contribution in [0.3, 0.4) is 0 Å². The number of ether oxygens (including phenoxy) is 2. The second-order valence-electron chi connectivity index (χ2n) is 5.31. The van der Waals surface area contributed by atoms with Crippen LogP contribution in [0.2, 0.25) is 0 Å². The fourth-order valence-electron chi connectivity index (χ4n) is 2.28. The summed E-state index contributed by atoms with van der Waals surface area (Å²) < 4.78 is 23.8. The monoisotopic (exact) mass is 378 g/mol. The standard InChI is InChI=1S/C17H15FN2O5S/c18-12-4-2-1-3-11(12)9-14-16(22)20(17(23)26-14)6-5-19-15(21)13-10-24-7-8-25-13/h1-4,9-10H,5-8H2,(H,19,21). The lowest BCUT2D eigenvalue weighted by molar-refractivity contribution is -0.124. The Bertz CT molecular complexity index is 808. The van der Waals surface area contributed by atoms with Gasteiger partial charge in [0.15, 0.2) is 0 Å². The number of amides is 3. The Morgan fingerprint density at radius 2 is 2.12 bits per heavy atom. The zero-order valence-corrected chi connectivity index (χ0v) is 14.4. The second kappa shape index (κ2) is 8.05. The van der Waals surface area contributed by atoms with Crippen molar-refractivity contribution in [3.63, 3.8) is 0 Å². The Hall–Kier alpha value is -2.81. The summed E-state index contributed by atoms with van der Waals surface area (Å²) in [6, 6.07) is 5.97. The first-order valence-electron chi connectivity index (χ1n) is 7.79. The number of rotatable bonds is 5. The van der Waals surface area contributed by atoms with Crippen LogP contribution in [0.4, 0.5) is 9.18 Å². The number of imide groups is 1. The smallest absolute Gasteiger partial charge is 0.293 e. The first-order valence-corrected chi connectivity index (χ1v) is 8.60. The van der Waals surface area contributed by atoms with Crippen LogP contribution in [0, 0.1) is 5.82 Å². The molecule has 2 heterocycles. The first-order chi connectivity index (χ1) is 12.6. The van der Waals surface area contributed by atoms with E-state index >= 15 is 0 Å². The average Bonchev–Trinajstić information content (AvgIpc) is 2.91. The third kappa shape index (κ3) is 4.05. The number of nitrogens with one attached hydrogen (secondary N) is 1. The molecule has 0 unspecified atom stereocenters. The first kappa shape index (κ1) is 18.0. The number of hydrogen-bond acceptors (Lipinski definition) is 6. The molecular weight excluding hydrogens is 363 g/mol. The predicted octanol–water partition coefficient (Wildman–Crippen LogP) is 1.87. The Morgan fingerprint density at radius 3 is 2.85 bits per heavy atom. The second-order valence-corrected chi connectivity index (χ2v) is 6.31. The van der Waals surface area contributed by atoms with E-state index in [0.29, 0.717) is 6.61 Å². The van der Waals surface area contributed by atoms with Gasteiger partial charge in [-0.05, 0) is 23.9 Å². The summed E-state index contributed by atoms with van der Waals surface area (Å²) in [4.78, 5) is 37.3. The molecule has 1 aromatic carbocycles. The zero-order valence-electron chi connectivity index (χ0n) is 13.6. The van der Waals surface area contributed by atoms with Crippen molar-refractivity contribution < 1.29 is 28.2 Å². The van der Waals surface area contributed by atoms with Crippen LogP contribution >= 0.6 is 11.8 Å². The van der Waals surface area contributed by atoms with Crippen LogP contribution in [0.15, 0.2) is 41.2 Å². The summed E-state index contributed by atoms with van der Waals surface area (Å²) in [6.45, 7) is 0.717. The summed E-state index contributed by atoms with van der Waals surface area (Å²) in [5, 5.41) is 2.08. The quantitative estimate of drug-likeness (QED) is 0.788. The molecule has 0 bridgehead atoms. The van der Waals surface area contributed by atoms with Crippen molar-refractivity contribution in [3.05, 3.63) is 52.6 Å². The molecule has 1 aromatic rings. The van der Waals surface area contributed by atoms with Gasteiger partial charge in [0.1, 0.15) is 25.3 Å². The molecule has 3 rings (SSSR count). The lowest BCUT2D eigenvalue weighted by Gasteiger charge is -2.16. The minimum atomic E-state index is -0.519. The molecular formula is C17H15FN2O5S. The lowest BCUT2D eigenvalue weighted by Crippen LogP contribution is -2.38. The topological polar surface area (TPSA) is 84.9 Å². The van der Waals surface area contributed by atoms with Crippen LogP contribution in [0.1, 0.15) is 5.56 Å². The fourth-order valence-corrected chi connectivity index (χ4v) is 3.14. The zero-order chi connectivity index (χ0) is 18.5. The van der Waals surface area contributed by atoms with Gasteiger partial charge in [-0.25, -0.2) is 4.39 Å². The number of carbonyl (C=O) groups is 3. The minimum absolute atomic E-state index is 0.000838. The maximum Gasteiger partial charge on any atom is 0.293 e. The molecule has 136 valence electrons. The van der Waals surface area contributed by atoms with E-state index in [2.05, 4.69) is 5.32 Å². The number of carbonyl (C=O) groups excluding carboxylic acids is 3. The molecule has 26 heavy (non-hydrogen) atoms. The van der Waals surface area contributed by atoms with Crippen molar-refractivity contribution in [2.75, 3.05) is 26.3 Å². The minimum Gasteiger partial charge on any atom is -0.494 e. The van der Waals surface area contributed by atoms with Gasteiger partial charge in [-0.1, -0.05) is 18.2 Å². The highest BCUT2D eigenvalue weighted by atomic mass is 32.2. The van der Waals surface area contributed by atoms with Gasteiger partial charge >= 0.3 is 0 Å². The lowest BCUT2D eigenvalue weighted by atomic mass is 10.2. The van der Waals surface area contributed by atoms with E-state index in [1.807, 2.05) is 0 Å². The highest BCUT2D eigenvalue weighted by molar-refractivity contribution is 8.18. The van der Waals surface area contributed by atoms with Gasteiger partial charge in [0.2, 0.25) is 5.76 Å². The Balaban J connectivity index is 1.58. The molecule has 0 aromatic heterocycles. The van der Waals surface area contributed by atoms with Crippen LogP contribution in [-0.4, -0.2) is 48.3 Å². The van der Waals surface area contributed by atoms with Crippen molar-refractivity contribution in [2.24, 2.45) is 0 Å². The van der Waals surface area contributed by atoms with Crippen molar-refractivity contribution in [3.8, 4) is 0 Å². The summed E-state index contributed by atoms with van der Waals surface area (Å²) in [5.74, 6) is -1.44. The van der Waals surface area contributed by atoms with Gasteiger partial charge in [-0.2, -0.15) is 0 Å². The number of hydrogen-bond donors (Lipinski definition) is 1. The normalized spacial score (nSPS) is 18.4. The van der Waals surface area contributed by atoms with E-state index in [1.54, 1.807) is 6.07 Å². The maximum atomic E-state index is 13.7.